The lowest BCUT2D eigenvalue weighted by Gasteiger charge is -2.09. The normalized spacial score (nSPS) is 21.6. The van der Waals surface area contributed by atoms with Crippen LogP contribution in [-0.4, -0.2) is 48.5 Å². The lowest BCUT2D eigenvalue weighted by molar-refractivity contribution is -0.126. The fourth-order valence-corrected chi connectivity index (χ4v) is 2.30. The maximum absolute atomic E-state index is 11.6. The third kappa shape index (κ3) is 4.50. The van der Waals surface area contributed by atoms with Crippen LogP contribution < -0.4 is 5.32 Å². The minimum Gasteiger partial charge on any atom is -0.376 e. The number of hydrogen-bond donors (Lipinski definition) is 1. The molecule has 1 aromatic heterocycles. The summed E-state index contributed by atoms with van der Waals surface area (Å²) >= 11 is 0. The summed E-state index contributed by atoms with van der Waals surface area (Å²) in [4.78, 5) is 15.9. The summed E-state index contributed by atoms with van der Waals surface area (Å²) in [5.41, 5.74) is 0. The highest BCUT2D eigenvalue weighted by Crippen LogP contribution is 2.38. The summed E-state index contributed by atoms with van der Waals surface area (Å²) in [6, 6.07) is 0. The predicted molar refractivity (Wildman–Crippen MR) is 72.8 cm³/mol. The molecule has 1 unspecified atom stereocenters. The Kier molecular flexibility index (Phi) is 4.82. The van der Waals surface area contributed by atoms with E-state index in [0.29, 0.717) is 31.4 Å². The van der Waals surface area contributed by atoms with E-state index in [0.717, 1.165) is 38.1 Å². The number of ether oxygens (including phenoxy) is 2. The number of aromatic nitrogens is 2. The minimum atomic E-state index is -0.130. The van der Waals surface area contributed by atoms with Gasteiger partial charge in [0.15, 0.2) is 5.82 Å². The molecule has 3 rings (SSSR count). The maximum Gasteiger partial charge on any atom is 0.246 e. The van der Waals surface area contributed by atoms with Crippen molar-refractivity contribution < 1.29 is 18.8 Å². The van der Waals surface area contributed by atoms with Gasteiger partial charge in [-0.25, -0.2) is 0 Å². The fraction of sp³-hybridized carbons (Fsp3) is 0.786. The van der Waals surface area contributed by atoms with Crippen molar-refractivity contribution in [2.24, 2.45) is 0 Å². The quantitative estimate of drug-likeness (QED) is 0.763. The summed E-state index contributed by atoms with van der Waals surface area (Å²) in [5.74, 6) is 1.74. The molecule has 1 saturated carbocycles. The van der Waals surface area contributed by atoms with Crippen molar-refractivity contribution >= 4 is 5.91 Å². The Morgan fingerprint density at radius 2 is 2.29 bits per heavy atom. The summed E-state index contributed by atoms with van der Waals surface area (Å²) in [6.07, 6.45) is 5.10. The molecular formula is C14H21N3O4. The van der Waals surface area contributed by atoms with Gasteiger partial charge in [-0.15, -0.1) is 0 Å². The zero-order chi connectivity index (χ0) is 14.5. The molecule has 1 amide bonds. The Morgan fingerprint density at radius 3 is 3.05 bits per heavy atom. The first kappa shape index (κ1) is 14.5. The van der Waals surface area contributed by atoms with Crippen LogP contribution in [0.2, 0.25) is 0 Å². The van der Waals surface area contributed by atoms with Gasteiger partial charge in [0.2, 0.25) is 11.8 Å². The van der Waals surface area contributed by atoms with Crippen LogP contribution in [0.4, 0.5) is 0 Å². The smallest absolute Gasteiger partial charge is 0.246 e. The molecule has 116 valence electrons. The molecule has 0 radical (unpaired) electrons. The van der Waals surface area contributed by atoms with Gasteiger partial charge in [-0.05, 0) is 25.7 Å². The third-order valence-corrected chi connectivity index (χ3v) is 3.65. The first-order valence-corrected chi connectivity index (χ1v) is 7.60. The van der Waals surface area contributed by atoms with E-state index in [-0.39, 0.29) is 18.6 Å². The van der Waals surface area contributed by atoms with Crippen LogP contribution in [0.25, 0.3) is 0 Å². The van der Waals surface area contributed by atoms with E-state index >= 15 is 0 Å². The molecule has 1 N–H and O–H groups in total. The molecule has 1 saturated heterocycles. The van der Waals surface area contributed by atoms with Gasteiger partial charge in [0.25, 0.3) is 0 Å². The molecule has 0 aromatic carbocycles. The monoisotopic (exact) mass is 295 g/mol. The fourth-order valence-electron chi connectivity index (χ4n) is 2.30. The van der Waals surface area contributed by atoms with E-state index in [9.17, 15) is 4.79 Å². The van der Waals surface area contributed by atoms with Gasteiger partial charge in [-0.2, -0.15) is 4.98 Å². The standard InChI is InChI=1S/C14H21N3O4/c18-12(9-19-8-11-2-1-7-20-11)15-6-5-13-16-14(17-21-13)10-3-4-10/h10-11H,1-9H2,(H,15,18). The molecule has 1 aromatic rings. The van der Waals surface area contributed by atoms with Crippen LogP contribution in [0.1, 0.15) is 43.3 Å². The number of nitrogens with one attached hydrogen (secondary N) is 1. The zero-order valence-corrected chi connectivity index (χ0v) is 12.0. The maximum atomic E-state index is 11.6. The van der Waals surface area contributed by atoms with Crippen molar-refractivity contribution in [1.82, 2.24) is 15.5 Å². The van der Waals surface area contributed by atoms with Crippen LogP contribution in [0.15, 0.2) is 4.52 Å². The van der Waals surface area contributed by atoms with Gasteiger partial charge < -0.3 is 19.3 Å². The first-order valence-electron chi connectivity index (χ1n) is 7.60. The summed E-state index contributed by atoms with van der Waals surface area (Å²) in [6.45, 7) is 1.83. The van der Waals surface area contributed by atoms with Gasteiger partial charge in [-0.3, -0.25) is 4.79 Å². The number of amides is 1. The Morgan fingerprint density at radius 1 is 1.38 bits per heavy atom. The van der Waals surface area contributed by atoms with Crippen LogP contribution in [0.3, 0.4) is 0 Å². The predicted octanol–water partition coefficient (Wildman–Crippen LogP) is 0.801. The van der Waals surface area contributed by atoms with Crippen molar-refractivity contribution in [3.05, 3.63) is 11.7 Å². The molecule has 0 bridgehead atoms. The Balaban J connectivity index is 1.26. The summed E-state index contributed by atoms with van der Waals surface area (Å²) in [7, 11) is 0. The molecule has 2 fully saturated rings. The number of rotatable bonds is 8. The molecule has 21 heavy (non-hydrogen) atoms. The highest BCUT2D eigenvalue weighted by molar-refractivity contribution is 5.77. The van der Waals surface area contributed by atoms with E-state index in [2.05, 4.69) is 15.5 Å². The second-order valence-electron chi connectivity index (χ2n) is 5.57. The van der Waals surface area contributed by atoms with Crippen molar-refractivity contribution in [3.8, 4) is 0 Å². The molecule has 0 spiro atoms. The second kappa shape index (κ2) is 7.00. The average Bonchev–Trinajstić information content (AvgIpc) is 3.00. The molecule has 2 heterocycles. The zero-order valence-electron chi connectivity index (χ0n) is 12.0. The van der Waals surface area contributed by atoms with Gasteiger partial charge in [-0.1, -0.05) is 5.16 Å². The molecule has 1 atom stereocenters. The average molecular weight is 295 g/mol. The van der Waals surface area contributed by atoms with E-state index < -0.39 is 0 Å². The number of carbonyl (C=O) groups is 1. The van der Waals surface area contributed by atoms with Gasteiger partial charge in [0, 0.05) is 25.5 Å². The third-order valence-electron chi connectivity index (χ3n) is 3.65. The van der Waals surface area contributed by atoms with Crippen molar-refractivity contribution in [1.29, 1.82) is 0 Å². The Labute approximate surface area is 123 Å². The number of carbonyl (C=O) groups excluding carboxylic acids is 1. The molecule has 1 aliphatic heterocycles. The van der Waals surface area contributed by atoms with Crippen LogP contribution in [0.5, 0.6) is 0 Å². The van der Waals surface area contributed by atoms with Gasteiger partial charge >= 0.3 is 0 Å². The Hall–Kier alpha value is -1.47. The molecule has 7 nitrogen and oxygen atoms in total. The van der Waals surface area contributed by atoms with Gasteiger partial charge in [0.05, 0.1) is 12.7 Å². The van der Waals surface area contributed by atoms with Crippen LogP contribution in [0, 0.1) is 0 Å². The lowest BCUT2D eigenvalue weighted by atomic mass is 10.2. The topological polar surface area (TPSA) is 86.5 Å². The first-order chi connectivity index (χ1) is 10.3. The SMILES string of the molecule is O=C(COCC1CCCO1)NCCc1nc(C2CC2)no1. The second-order valence-corrected chi connectivity index (χ2v) is 5.57. The van der Waals surface area contributed by atoms with E-state index in [1.807, 2.05) is 0 Å². The van der Waals surface area contributed by atoms with E-state index in [4.69, 9.17) is 14.0 Å². The molecule has 1 aliphatic carbocycles. The van der Waals surface area contributed by atoms with Crippen LogP contribution >= 0.6 is 0 Å². The Bertz CT molecular complexity index is 467. The van der Waals surface area contributed by atoms with Crippen LogP contribution in [-0.2, 0) is 20.7 Å². The molecule has 7 heteroatoms. The van der Waals surface area contributed by atoms with Crippen molar-refractivity contribution in [2.75, 3.05) is 26.4 Å². The van der Waals surface area contributed by atoms with E-state index in [1.165, 1.54) is 0 Å². The van der Waals surface area contributed by atoms with E-state index in [1.54, 1.807) is 0 Å². The minimum absolute atomic E-state index is 0.0665. The molecular weight excluding hydrogens is 274 g/mol. The lowest BCUT2D eigenvalue weighted by Crippen LogP contribution is -2.30. The molecule has 2 aliphatic rings. The highest BCUT2D eigenvalue weighted by atomic mass is 16.5. The number of nitrogens with zero attached hydrogens (tertiary/aromatic N) is 2. The highest BCUT2D eigenvalue weighted by Gasteiger charge is 2.28. The number of hydrogen-bond acceptors (Lipinski definition) is 6. The van der Waals surface area contributed by atoms with Crippen molar-refractivity contribution in [2.45, 2.75) is 44.1 Å². The van der Waals surface area contributed by atoms with Crippen molar-refractivity contribution in [3.63, 3.8) is 0 Å². The summed E-state index contributed by atoms with van der Waals surface area (Å²) < 4.78 is 15.9. The van der Waals surface area contributed by atoms with Gasteiger partial charge in [0.1, 0.15) is 6.61 Å². The largest absolute Gasteiger partial charge is 0.376 e. The summed E-state index contributed by atoms with van der Waals surface area (Å²) in [5, 5.41) is 6.71.